The Morgan fingerprint density at radius 3 is 2.70 bits per heavy atom. The van der Waals surface area contributed by atoms with Gasteiger partial charge in [-0.2, -0.15) is 0 Å². The molecule has 1 amide bonds. The summed E-state index contributed by atoms with van der Waals surface area (Å²) in [5.41, 5.74) is -0.890. The summed E-state index contributed by atoms with van der Waals surface area (Å²) in [4.78, 5) is 34.9. The predicted molar refractivity (Wildman–Crippen MR) is 76.0 cm³/mol. The lowest BCUT2D eigenvalue weighted by atomic mass is 10.3. The first-order valence-corrected chi connectivity index (χ1v) is 6.16. The van der Waals surface area contributed by atoms with Gasteiger partial charge in [-0.25, -0.2) is 0 Å². The van der Waals surface area contributed by atoms with E-state index in [0.717, 1.165) is 9.13 Å². The molecule has 6 nitrogen and oxygen atoms in total. The van der Waals surface area contributed by atoms with Gasteiger partial charge in [-0.1, -0.05) is 17.7 Å². The summed E-state index contributed by atoms with van der Waals surface area (Å²) >= 11 is 5.80. The number of anilines is 1. The Bertz CT molecular complexity index is 764. The summed E-state index contributed by atoms with van der Waals surface area (Å²) < 4.78 is 2.22. The molecule has 0 aliphatic rings. The highest BCUT2D eigenvalue weighted by molar-refractivity contribution is 6.30. The van der Waals surface area contributed by atoms with Gasteiger partial charge in [0.1, 0.15) is 6.54 Å². The number of halogens is 1. The third-order valence-corrected chi connectivity index (χ3v) is 2.89. The van der Waals surface area contributed by atoms with Crippen molar-refractivity contribution in [3.8, 4) is 0 Å². The van der Waals surface area contributed by atoms with E-state index in [9.17, 15) is 14.4 Å². The average molecular weight is 294 g/mol. The minimum atomic E-state index is -0.740. The summed E-state index contributed by atoms with van der Waals surface area (Å²) in [7, 11) is 1.47. The molecule has 1 aromatic heterocycles. The SMILES string of the molecule is Cn1ccn(CC(=O)Nc2cccc(Cl)c2)c(=O)c1=O. The Morgan fingerprint density at radius 1 is 1.25 bits per heavy atom. The molecule has 0 radical (unpaired) electrons. The van der Waals surface area contributed by atoms with Crippen molar-refractivity contribution in [1.29, 1.82) is 0 Å². The largest absolute Gasteiger partial charge is 0.324 e. The summed E-state index contributed by atoms with van der Waals surface area (Å²) in [6.07, 6.45) is 2.82. The van der Waals surface area contributed by atoms with Crippen LogP contribution in [0.25, 0.3) is 0 Å². The van der Waals surface area contributed by atoms with Crippen molar-refractivity contribution >= 4 is 23.2 Å². The monoisotopic (exact) mass is 293 g/mol. The van der Waals surface area contributed by atoms with E-state index in [1.807, 2.05) is 0 Å². The molecular weight excluding hydrogens is 282 g/mol. The van der Waals surface area contributed by atoms with Crippen LogP contribution in [0.1, 0.15) is 0 Å². The second-order valence-electron chi connectivity index (χ2n) is 4.21. The van der Waals surface area contributed by atoms with Gasteiger partial charge in [-0.15, -0.1) is 0 Å². The van der Waals surface area contributed by atoms with Crippen LogP contribution in [0.15, 0.2) is 46.2 Å². The fourth-order valence-corrected chi connectivity index (χ4v) is 1.83. The normalized spacial score (nSPS) is 10.3. The molecule has 7 heteroatoms. The minimum absolute atomic E-state index is 0.235. The van der Waals surface area contributed by atoms with E-state index < -0.39 is 17.0 Å². The van der Waals surface area contributed by atoms with Crippen LogP contribution in [0, 0.1) is 0 Å². The molecule has 0 fully saturated rings. The van der Waals surface area contributed by atoms with Crippen molar-refractivity contribution in [3.63, 3.8) is 0 Å². The number of aryl methyl sites for hydroxylation is 1. The number of hydrogen-bond acceptors (Lipinski definition) is 3. The highest BCUT2D eigenvalue weighted by Crippen LogP contribution is 2.14. The molecule has 1 aromatic carbocycles. The van der Waals surface area contributed by atoms with E-state index >= 15 is 0 Å². The highest BCUT2D eigenvalue weighted by atomic mass is 35.5. The molecule has 0 unspecified atom stereocenters. The molecule has 1 N–H and O–H groups in total. The van der Waals surface area contributed by atoms with E-state index in [1.54, 1.807) is 24.3 Å². The number of carbonyl (C=O) groups excluding carboxylic acids is 1. The van der Waals surface area contributed by atoms with Gasteiger partial charge in [0.05, 0.1) is 0 Å². The lowest BCUT2D eigenvalue weighted by Gasteiger charge is -2.07. The van der Waals surface area contributed by atoms with Gasteiger partial charge in [-0.05, 0) is 18.2 Å². The Balaban J connectivity index is 2.15. The Hall–Kier alpha value is -2.34. The number of amides is 1. The summed E-state index contributed by atoms with van der Waals surface area (Å²) in [5, 5.41) is 3.09. The van der Waals surface area contributed by atoms with Crippen molar-refractivity contribution in [2.24, 2.45) is 7.05 Å². The van der Waals surface area contributed by atoms with Crippen LogP contribution in [0.4, 0.5) is 5.69 Å². The van der Waals surface area contributed by atoms with Crippen molar-refractivity contribution in [1.82, 2.24) is 9.13 Å². The number of benzene rings is 1. The third kappa shape index (κ3) is 3.16. The first-order valence-electron chi connectivity index (χ1n) is 5.79. The fourth-order valence-electron chi connectivity index (χ4n) is 1.64. The van der Waals surface area contributed by atoms with E-state index in [0.29, 0.717) is 10.7 Å². The first kappa shape index (κ1) is 14.1. The molecular formula is C13H12ClN3O3. The van der Waals surface area contributed by atoms with Gasteiger partial charge in [0.2, 0.25) is 5.91 Å². The molecule has 0 atom stereocenters. The number of nitrogens with zero attached hydrogens (tertiary/aromatic N) is 2. The molecule has 0 saturated heterocycles. The maximum absolute atomic E-state index is 11.8. The maximum Gasteiger partial charge on any atom is 0.316 e. The minimum Gasteiger partial charge on any atom is -0.324 e. The summed E-state index contributed by atoms with van der Waals surface area (Å²) in [6, 6.07) is 6.65. The standard InChI is InChI=1S/C13H12ClN3O3/c1-16-5-6-17(13(20)12(16)19)8-11(18)15-10-4-2-3-9(14)7-10/h2-7H,8H2,1H3,(H,15,18). The Labute approximate surface area is 119 Å². The van der Waals surface area contributed by atoms with Gasteiger partial charge in [0.15, 0.2) is 0 Å². The van der Waals surface area contributed by atoms with Gasteiger partial charge in [-0.3, -0.25) is 19.0 Å². The first-order chi connectivity index (χ1) is 9.47. The molecule has 0 bridgehead atoms. The second kappa shape index (κ2) is 5.75. The smallest absolute Gasteiger partial charge is 0.316 e. The van der Waals surface area contributed by atoms with Crippen LogP contribution in [-0.2, 0) is 18.4 Å². The number of rotatable bonds is 3. The summed E-state index contributed by atoms with van der Waals surface area (Å²) in [5.74, 6) is -0.414. The molecule has 0 saturated carbocycles. The van der Waals surface area contributed by atoms with Crippen molar-refractivity contribution in [3.05, 3.63) is 62.4 Å². The molecule has 104 valence electrons. The van der Waals surface area contributed by atoms with Crippen LogP contribution in [0.5, 0.6) is 0 Å². The van der Waals surface area contributed by atoms with Gasteiger partial charge in [0.25, 0.3) is 0 Å². The second-order valence-corrected chi connectivity index (χ2v) is 4.64. The Morgan fingerprint density at radius 2 is 2.00 bits per heavy atom. The van der Waals surface area contributed by atoms with E-state index in [1.165, 1.54) is 19.4 Å². The molecule has 0 spiro atoms. The fraction of sp³-hybridized carbons (Fsp3) is 0.154. The van der Waals surface area contributed by atoms with Crippen LogP contribution in [0.3, 0.4) is 0 Å². The zero-order chi connectivity index (χ0) is 14.7. The molecule has 2 aromatic rings. The lowest BCUT2D eigenvalue weighted by molar-refractivity contribution is -0.116. The predicted octanol–water partition coefficient (Wildman–Crippen LogP) is 0.839. The van der Waals surface area contributed by atoms with E-state index in [2.05, 4.69) is 5.32 Å². The number of nitrogens with one attached hydrogen (secondary N) is 1. The quantitative estimate of drug-likeness (QED) is 0.852. The van der Waals surface area contributed by atoms with E-state index in [4.69, 9.17) is 11.6 Å². The maximum atomic E-state index is 11.8. The third-order valence-electron chi connectivity index (χ3n) is 2.66. The van der Waals surface area contributed by atoms with Gasteiger partial charge in [0, 0.05) is 30.2 Å². The molecule has 0 aliphatic heterocycles. The molecule has 2 rings (SSSR count). The van der Waals surface area contributed by atoms with Crippen LogP contribution in [-0.4, -0.2) is 15.0 Å². The highest BCUT2D eigenvalue weighted by Gasteiger charge is 2.08. The number of hydrogen-bond donors (Lipinski definition) is 1. The van der Waals surface area contributed by atoms with Gasteiger partial charge >= 0.3 is 11.1 Å². The zero-order valence-electron chi connectivity index (χ0n) is 10.7. The van der Waals surface area contributed by atoms with Crippen molar-refractivity contribution in [2.45, 2.75) is 6.54 Å². The van der Waals surface area contributed by atoms with Crippen LogP contribution in [0.2, 0.25) is 5.02 Å². The molecule has 0 aliphatic carbocycles. The molecule has 20 heavy (non-hydrogen) atoms. The van der Waals surface area contributed by atoms with E-state index in [-0.39, 0.29) is 6.54 Å². The lowest BCUT2D eigenvalue weighted by Crippen LogP contribution is -2.41. The Kier molecular flexibility index (Phi) is 4.05. The zero-order valence-corrected chi connectivity index (χ0v) is 11.4. The molecule has 1 heterocycles. The topological polar surface area (TPSA) is 73.1 Å². The van der Waals surface area contributed by atoms with Crippen molar-refractivity contribution < 1.29 is 4.79 Å². The summed E-state index contributed by atoms with van der Waals surface area (Å²) in [6.45, 7) is -0.235. The van der Waals surface area contributed by atoms with Gasteiger partial charge < -0.3 is 9.88 Å². The average Bonchev–Trinajstić information content (AvgIpc) is 2.39. The van der Waals surface area contributed by atoms with Crippen LogP contribution < -0.4 is 16.4 Å². The number of aromatic nitrogens is 2. The van der Waals surface area contributed by atoms with Crippen LogP contribution >= 0.6 is 11.6 Å². The van der Waals surface area contributed by atoms with Crippen molar-refractivity contribution in [2.75, 3.05) is 5.32 Å². The number of carbonyl (C=O) groups is 1.